The van der Waals surface area contributed by atoms with E-state index >= 15 is 0 Å². The van der Waals surface area contributed by atoms with Crippen molar-refractivity contribution in [2.24, 2.45) is 0 Å². The van der Waals surface area contributed by atoms with Crippen LogP contribution in [0.2, 0.25) is 0 Å². The maximum absolute atomic E-state index is 12.5. The van der Waals surface area contributed by atoms with Crippen molar-refractivity contribution in [2.75, 3.05) is 5.32 Å². The second-order valence-corrected chi connectivity index (χ2v) is 6.54. The Morgan fingerprint density at radius 3 is 2.70 bits per heavy atom. The summed E-state index contributed by atoms with van der Waals surface area (Å²) in [5, 5.41) is 7.49. The number of fused-ring (bicyclic) bond motifs is 1. The third-order valence-corrected chi connectivity index (χ3v) is 4.45. The molecule has 27 heavy (non-hydrogen) atoms. The zero-order valence-corrected chi connectivity index (χ0v) is 15.2. The molecule has 0 fully saturated rings. The van der Waals surface area contributed by atoms with E-state index in [1.54, 1.807) is 6.33 Å². The number of rotatable bonds is 6. The molecule has 0 saturated carbocycles. The number of carbonyl (C=O) groups is 1. The van der Waals surface area contributed by atoms with Gasteiger partial charge in [0.1, 0.15) is 5.82 Å². The molecule has 0 unspecified atom stereocenters. The van der Waals surface area contributed by atoms with Gasteiger partial charge in [-0.1, -0.05) is 42.5 Å². The van der Waals surface area contributed by atoms with E-state index in [0.29, 0.717) is 19.5 Å². The zero-order valence-electron chi connectivity index (χ0n) is 15.2. The van der Waals surface area contributed by atoms with Gasteiger partial charge in [0.25, 0.3) is 0 Å². The summed E-state index contributed by atoms with van der Waals surface area (Å²) in [5.74, 6) is 0.679. The Labute approximate surface area is 157 Å². The lowest BCUT2D eigenvalue weighted by atomic mass is 10.2. The normalized spacial score (nSPS) is 11.0. The van der Waals surface area contributed by atoms with Gasteiger partial charge in [0, 0.05) is 19.0 Å². The van der Waals surface area contributed by atoms with Crippen molar-refractivity contribution >= 4 is 22.8 Å². The molecule has 136 valence electrons. The van der Waals surface area contributed by atoms with Crippen molar-refractivity contribution in [2.45, 2.75) is 26.4 Å². The van der Waals surface area contributed by atoms with Gasteiger partial charge >= 0.3 is 0 Å². The van der Waals surface area contributed by atoms with Crippen LogP contribution in [0.3, 0.4) is 0 Å². The van der Waals surface area contributed by atoms with E-state index in [1.165, 1.54) is 0 Å². The third-order valence-electron chi connectivity index (χ3n) is 4.45. The third kappa shape index (κ3) is 3.89. The van der Waals surface area contributed by atoms with Crippen molar-refractivity contribution in [3.05, 3.63) is 78.2 Å². The molecule has 0 saturated heterocycles. The molecule has 2 aromatic carbocycles. The van der Waals surface area contributed by atoms with Crippen molar-refractivity contribution in [3.63, 3.8) is 0 Å². The number of aryl methyl sites for hydroxylation is 2. The molecule has 6 nitrogen and oxygen atoms in total. The van der Waals surface area contributed by atoms with E-state index in [9.17, 15) is 4.79 Å². The molecule has 4 rings (SSSR count). The number of imidazole rings is 1. The number of hydrogen-bond donors (Lipinski definition) is 1. The van der Waals surface area contributed by atoms with Crippen LogP contribution in [-0.2, 0) is 17.9 Å². The molecule has 0 spiro atoms. The fourth-order valence-corrected chi connectivity index (χ4v) is 3.14. The van der Waals surface area contributed by atoms with Gasteiger partial charge in [-0.2, -0.15) is 5.10 Å². The Morgan fingerprint density at radius 2 is 1.85 bits per heavy atom. The minimum atomic E-state index is -0.0398. The number of carbonyl (C=O) groups excluding carboxylic acids is 1. The van der Waals surface area contributed by atoms with E-state index in [1.807, 2.05) is 76.8 Å². The maximum Gasteiger partial charge on any atom is 0.227 e. The highest BCUT2D eigenvalue weighted by Gasteiger charge is 2.11. The molecule has 0 aliphatic rings. The molecule has 0 aliphatic heterocycles. The van der Waals surface area contributed by atoms with E-state index in [2.05, 4.69) is 15.4 Å². The Kier molecular flexibility index (Phi) is 4.70. The van der Waals surface area contributed by atoms with Gasteiger partial charge in [0.2, 0.25) is 5.91 Å². The monoisotopic (exact) mass is 359 g/mol. The van der Waals surface area contributed by atoms with Gasteiger partial charge < -0.3 is 9.88 Å². The van der Waals surface area contributed by atoms with Gasteiger partial charge in [-0.15, -0.1) is 0 Å². The first-order chi connectivity index (χ1) is 13.2. The van der Waals surface area contributed by atoms with Gasteiger partial charge in [-0.05, 0) is 24.6 Å². The SMILES string of the molecule is Cc1cc(NC(=O)CCn2cnc3ccccc32)n(Cc2ccccc2)n1. The lowest BCUT2D eigenvalue weighted by molar-refractivity contribution is -0.116. The van der Waals surface area contributed by atoms with E-state index in [-0.39, 0.29) is 5.91 Å². The van der Waals surface area contributed by atoms with Crippen LogP contribution in [0.1, 0.15) is 17.7 Å². The minimum Gasteiger partial charge on any atom is -0.330 e. The first kappa shape index (κ1) is 17.0. The van der Waals surface area contributed by atoms with Crippen molar-refractivity contribution in [1.82, 2.24) is 19.3 Å². The van der Waals surface area contributed by atoms with Crippen LogP contribution in [0.5, 0.6) is 0 Å². The van der Waals surface area contributed by atoms with Crippen molar-refractivity contribution < 1.29 is 4.79 Å². The Hall–Kier alpha value is -3.41. The highest BCUT2D eigenvalue weighted by atomic mass is 16.1. The number of anilines is 1. The quantitative estimate of drug-likeness (QED) is 0.572. The summed E-state index contributed by atoms with van der Waals surface area (Å²) >= 11 is 0. The molecule has 1 amide bonds. The minimum absolute atomic E-state index is 0.0398. The fourth-order valence-electron chi connectivity index (χ4n) is 3.14. The first-order valence-electron chi connectivity index (χ1n) is 8.97. The predicted molar refractivity (Wildman–Crippen MR) is 105 cm³/mol. The van der Waals surface area contributed by atoms with Crippen molar-refractivity contribution in [3.8, 4) is 0 Å². The van der Waals surface area contributed by atoms with E-state index in [0.717, 1.165) is 28.1 Å². The molecule has 0 radical (unpaired) electrons. The fraction of sp³-hybridized carbons (Fsp3) is 0.190. The second-order valence-electron chi connectivity index (χ2n) is 6.54. The molecule has 0 bridgehead atoms. The maximum atomic E-state index is 12.5. The summed E-state index contributed by atoms with van der Waals surface area (Å²) in [6.45, 7) is 3.13. The van der Waals surface area contributed by atoms with Crippen molar-refractivity contribution in [1.29, 1.82) is 0 Å². The average molecular weight is 359 g/mol. The largest absolute Gasteiger partial charge is 0.330 e. The highest BCUT2D eigenvalue weighted by molar-refractivity contribution is 5.90. The summed E-state index contributed by atoms with van der Waals surface area (Å²) in [6.07, 6.45) is 2.15. The summed E-state index contributed by atoms with van der Waals surface area (Å²) in [6, 6.07) is 19.9. The molecule has 4 aromatic rings. The van der Waals surface area contributed by atoms with Gasteiger partial charge in [-0.3, -0.25) is 4.79 Å². The van der Waals surface area contributed by atoms with Crippen LogP contribution in [0.15, 0.2) is 67.0 Å². The molecular weight excluding hydrogens is 338 g/mol. The van der Waals surface area contributed by atoms with Crippen LogP contribution >= 0.6 is 0 Å². The molecule has 6 heteroatoms. The molecule has 0 atom stereocenters. The van der Waals surface area contributed by atoms with Crippen LogP contribution in [-0.4, -0.2) is 25.2 Å². The molecule has 2 aromatic heterocycles. The number of nitrogens with one attached hydrogen (secondary N) is 1. The molecular formula is C21H21N5O. The van der Waals surface area contributed by atoms with E-state index < -0.39 is 0 Å². The summed E-state index contributed by atoms with van der Waals surface area (Å²) in [7, 11) is 0. The molecule has 1 N–H and O–H groups in total. The lowest BCUT2D eigenvalue weighted by Crippen LogP contribution is -2.17. The average Bonchev–Trinajstić information content (AvgIpc) is 3.24. The Morgan fingerprint density at radius 1 is 1.07 bits per heavy atom. The standard InChI is InChI=1S/C21H21N5O/c1-16-13-20(26(24-16)14-17-7-3-2-4-8-17)23-21(27)11-12-25-15-22-18-9-5-6-10-19(18)25/h2-10,13,15H,11-12,14H2,1H3,(H,23,27). The topological polar surface area (TPSA) is 64.7 Å². The van der Waals surface area contributed by atoms with Crippen LogP contribution in [0, 0.1) is 6.92 Å². The number of para-hydroxylation sites is 2. The van der Waals surface area contributed by atoms with Crippen LogP contribution in [0.4, 0.5) is 5.82 Å². The summed E-state index contributed by atoms with van der Waals surface area (Å²) < 4.78 is 3.83. The summed E-state index contributed by atoms with van der Waals surface area (Å²) in [4.78, 5) is 16.8. The predicted octanol–water partition coefficient (Wildman–Crippen LogP) is 3.62. The summed E-state index contributed by atoms with van der Waals surface area (Å²) in [5.41, 5.74) is 3.99. The lowest BCUT2D eigenvalue weighted by Gasteiger charge is -2.10. The Balaban J connectivity index is 1.42. The van der Waals surface area contributed by atoms with Gasteiger partial charge in [0.05, 0.1) is 29.6 Å². The smallest absolute Gasteiger partial charge is 0.227 e. The Bertz CT molecular complexity index is 1060. The highest BCUT2D eigenvalue weighted by Crippen LogP contribution is 2.15. The number of benzene rings is 2. The van der Waals surface area contributed by atoms with Gasteiger partial charge in [-0.25, -0.2) is 9.67 Å². The van der Waals surface area contributed by atoms with Crippen LogP contribution < -0.4 is 5.32 Å². The zero-order chi connectivity index (χ0) is 18.6. The number of nitrogens with zero attached hydrogens (tertiary/aromatic N) is 4. The second kappa shape index (κ2) is 7.45. The van der Waals surface area contributed by atoms with Gasteiger partial charge in [0.15, 0.2) is 0 Å². The number of hydrogen-bond acceptors (Lipinski definition) is 3. The first-order valence-corrected chi connectivity index (χ1v) is 8.97. The number of amides is 1. The molecule has 0 aliphatic carbocycles. The molecule has 2 heterocycles. The van der Waals surface area contributed by atoms with Crippen LogP contribution in [0.25, 0.3) is 11.0 Å². The number of aromatic nitrogens is 4. The van der Waals surface area contributed by atoms with E-state index in [4.69, 9.17) is 0 Å².